The average molecular weight is 220 g/mol. The molecule has 0 aromatic carbocycles. The van der Waals surface area contributed by atoms with Gasteiger partial charge in [0.05, 0.1) is 6.54 Å². The van der Waals surface area contributed by atoms with Gasteiger partial charge in [0, 0.05) is 20.1 Å². The lowest BCUT2D eigenvalue weighted by Gasteiger charge is -2.39. The highest BCUT2D eigenvalue weighted by molar-refractivity contribution is 6.06. The Balaban J connectivity index is 2.10. The van der Waals surface area contributed by atoms with Gasteiger partial charge in [0.15, 0.2) is 0 Å². The normalized spacial score (nSPS) is 24.6. The third-order valence-electron chi connectivity index (χ3n) is 3.52. The Hall–Kier alpha value is -1.54. The minimum absolute atomic E-state index is 0.291. The van der Waals surface area contributed by atoms with Crippen molar-refractivity contribution < 1.29 is 9.59 Å². The van der Waals surface area contributed by atoms with E-state index < -0.39 is 11.6 Å². The first-order chi connectivity index (χ1) is 7.60. The first kappa shape index (κ1) is 11.0. The predicted octanol–water partition coefficient (Wildman–Crippen LogP) is -0.349. The van der Waals surface area contributed by atoms with E-state index in [0.717, 1.165) is 13.1 Å². The lowest BCUT2D eigenvalue weighted by atomic mass is 9.86. The van der Waals surface area contributed by atoms with Gasteiger partial charge in [-0.3, -0.25) is 9.69 Å². The van der Waals surface area contributed by atoms with Gasteiger partial charge in [0.1, 0.15) is 5.54 Å². The number of hydrogen-bond donors (Lipinski definition) is 0. The maximum absolute atomic E-state index is 11.7. The van der Waals surface area contributed by atoms with Crippen LogP contribution in [0.5, 0.6) is 0 Å². The van der Waals surface area contributed by atoms with Crippen LogP contribution in [0.2, 0.25) is 0 Å². The molecule has 0 saturated carbocycles. The second-order valence-electron chi connectivity index (χ2n) is 4.27. The van der Waals surface area contributed by atoms with E-state index in [2.05, 4.69) is 16.1 Å². The van der Waals surface area contributed by atoms with Gasteiger partial charge in [-0.2, -0.15) is 5.32 Å². The molecule has 5 heteroatoms. The van der Waals surface area contributed by atoms with Crippen LogP contribution in [0.3, 0.4) is 0 Å². The highest BCUT2D eigenvalue weighted by Gasteiger charge is 2.53. The molecule has 2 saturated heterocycles. The van der Waals surface area contributed by atoms with Gasteiger partial charge in [0.2, 0.25) is 0 Å². The summed E-state index contributed by atoms with van der Waals surface area (Å²) in [5.74, 6) is 2.29. The Bertz CT molecular complexity index is 364. The summed E-state index contributed by atoms with van der Waals surface area (Å²) in [7, 11) is 1.65. The average Bonchev–Trinajstić information content (AvgIpc) is 2.47. The van der Waals surface area contributed by atoms with E-state index in [4.69, 9.17) is 6.42 Å². The molecule has 3 amide bonds. The lowest BCUT2D eigenvalue weighted by Crippen LogP contribution is -2.55. The third-order valence-corrected chi connectivity index (χ3v) is 3.52. The Morgan fingerprint density at radius 3 is 2.50 bits per heavy atom. The summed E-state index contributed by atoms with van der Waals surface area (Å²) < 4.78 is 0. The van der Waals surface area contributed by atoms with Crippen LogP contribution in [0.25, 0.3) is 0 Å². The van der Waals surface area contributed by atoms with Crippen LogP contribution in [0.4, 0.5) is 4.79 Å². The fraction of sp³-hybridized carbons (Fsp3) is 0.636. The number of terminal acetylenes is 1. The number of carbonyl (C=O) groups is 2. The molecule has 85 valence electrons. The van der Waals surface area contributed by atoms with Crippen molar-refractivity contribution >= 4 is 11.9 Å². The maximum Gasteiger partial charge on any atom is 0.347 e. The molecular formula is C11H14N3O2. The molecule has 5 nitrogen and oxygen atoms in total. The van der Waals surface area contributed by atoms with Gasteiger partial charge in [-0.15, -0.1) is 6.42 Å². The van der Waals surface area contributed by atoms with Gasteiger partial charge >= 0.3 is 6.03 Å². The largest absolute Gasteiger partial charge is 0.347 e. The van der Waals surface area contributed by atoms with E-state index in [9.17, 15) is 9.59 Å². The summed E-state index contributed by atoms with van der Waals surface area (Å²) in [5, 5.41) is 3.51. The van der Waals surface area contributed by atoms with Crippen LogP contribution < -0.4 is 5.32 Å². The molecular weight excluding hydrogens is 206 g/mol. The number of amides is 3. The molecule has 0 atom stereocenters. The second kappa shape index (κ2) is 3.80. The van der Waals surface area contributed by atoms with Crippen molar-refractivity contribution in [2.45, 2.75) is 18.4 Å². The zero-order valence-electron chi connectivity index (χ0n) is 9.27. The maximum atomic E-state index is 11.7. The molecule has 2 aliphatic heterocycles. The van der Waals surface area contributed by atoms with E-state index >= 15 is 0 Å². The fourth-order valence-corrected chi connectivity index (χ4v) is 2.35. The van der Waals surface area contributed by atoms with Crippen molar-refractivity contribution in [3.05, 3.63) is 0 Å². The number of rotatable bonds is 1. The van der Waals surface area contributed by atoms with Gasteiger partial charge < -0.3 is 4.90 Å². The van der Waals surface area contributed by atoms with Gasteiger partial charge in [-0.05, 0) is 12.8 Å². The van der Waals surface area contributed by atoms with Crippen molar-refractivity contribution in [1.29, 1.82) is 0 Å². The number of likely N-dealkylation sites (N-methyl/N-ethyl adjacent to an activating group) is 1. The third kappa shape index (κ3) is 1.46. The van der Waals surface area contributed by atoms with E-state index in [0.29, 0.717) is 19.4 Å². The number of nitrogens with zero attached hydrogens (tertiary/aromatic N) is 3. The first-order valence-corrected chi connectivity index (χ1v) is 5.30. The molecule has 0 aliphatic carbocycles. The van der Waals surface area contributed by atoms with Crippen LogP contribution in [-0.2, 0) is 4.79 Å². The summed E-state index contributed by atoms with van der Waals surface area (Å²) in [5.41, 5.74) is -0.692. The van der Waals surface area contributed by atoms with Crippen LogP contribution in [0.1, 0.15) is 12.8 Å². The van der Waals surface area contributed by atoms with Crippen molar-refractivity contribution in [2.75, 3.05) is 26.7 Å². The molecule has 2 aliphatic rings. The fourth-order valence-electron chi connectivity index (χ4n) is 2.35. The summed E-state index contributed by atoms with van der Waals surface area (Å²) in [6, 6.07) is -0.421. The number of piperidine rings is 1. The van der Waals surface area contributed by atoms with Gasteiger partial charge in [-0.25, -0.2) is 4.79 Å². The van der Waals surface area contributed by atoms with Crippen molar-refractivity contribution in [3.63, 3.8) is 0 Å². The molecule has 0 N–H and O–H groups in total. The summed E-state index contributed by atoms with van der Waals surface area (Å²) >= 11 is 0. The predicted molar refractivity (Wildman–Crippen MR) is 57.5 cm³/mol. The zero-order valence-corrected chi connectivity index (χ0v) is 9.27. The zero-order chi connectivity index (χ0) is 11.8. The minimum Gasteiger partial charge on any atom is -0.311 e. The molecule has 1 spiro atoms. The van der Waals surface area contributed by atoms with E-state index in [1.807, 2.05) is 0 Å². The van der Waals surface area contributed by atoms with E-state index in [1.165, 1.54) is 4.90 Å². The standard InChI is InChI=1S/C11H14N3O2/c1-3-6-14-7-4-11(5-8-14)9(15)12-10(16)13(11)2/h1H,4-8H2,2H3. The number of carbonyl (C=O) groups excluding carboxylic acids is 2. The van der Waals surface area contributed by atoms with Gasteiger partial charge in [-0.1, -0.05) is 5.92 Å². The van der Waals surface area contributed by atoms with Crippen LogP contribution in [0, 0.1) is 12.3 Å². The molecule has 2 rings (SSSR count). The molecule has 0 aromatic heterocycles. The van der Waals surface area contributed by atoms with Crippen LogP contribution >= 0.6 is 0 Å². The van der Waals surface area contributed by atoms with Crippen molar-refractivity contribution in [1.82, 2.24) is 15.1 Å². The monoisotopic (exact) mass is 220 g/mol. The number of hydrogen-bond acceptors (Lipinski definition) is 3. The SMILES string of the molecule is C#CCN1CCC2(CC1)C(=O)[N]C(=O)N2C. The number of likely N-dealkylation sites (tertiary alicyclic amines) is 1. The smallest absolute Gasteiger partial charge is 0.311 e. The molecule has 2 heterocycles. The van der Waals surface area contributed by atoms with E-state index in [-0.39, 0.29) is 5.91 Å². The second-order valence-corrected chi connectivity index (χ2v) is 4.27. The quantitative estimate of drug-likeness (QED) is 0.448. The Morgan fingerprint density at radius 2 is 2.06 bits per heavy atom. The lowest BCUT2D eigenvalue weighted by molar-refractivity contribution is -0.128. The van der Waals surface area contributed by atoms with E-state index in [1.54, 1.807) is 7.05 Å². The summed E-state index contributed by atoms with van der Waals surface area (Å²) in [6.07, 6.45) is 6.49. The highest BCUT2D eigenvalue weighted by atomic mass is 16.2. The number of imide groups is 1. The van der Waals surface area contributed by atoms with Gasteiger partial charge in [0.25, 0.3) is 5.91 Å². The molecule has 0 unspecified atom stereocenters. The minimum atomic E-state index is -0.692. The molecule has 1 radical (unpaired) electrons. The summed E-state index contributed by atoms with van der Waals surface area (Å²) in [6.45, 7) is 2.07. The molecule has 16 heavy (non-hydrogen) atoms. The Morgan fingerprint density at radius 1 is 1.44 bits per heavy atom. The van der Waals surface area contributed by atoms with Crippen LogP contribution in [0.15, 0.2) is 0 Å². The molecule has 0 aromatic rings. The summed E-state index contributed by atoms with van der Waals surface area (Å²) in [4.78, 5) is 26.7. The Labute approximate surface area is 94.8 Å². The first-order valence-electron chi connectivity index (χ1n) is 5.30. The highest BCUT2D eigenvalue weighted by Crippen LogP contribution is 2.32. The van der Waals surface area contributed by atoms with Crippen LogP contribution in [-0.4, -0.2) is 54.0 Å². The van der Waals surface area contributed by atoms with Crippen molar-refractivity contribution in [3.8, 4) is 12.3 Å². The molecule has 0 bridgehead atoms. The topological polar surface area (TPSA) is 54.7 Å². The Kier molecular flexibility index (Phi) is 2.60. The molecule has 2 fully saturated rings. The van der Waals surface area contributed by atoms with Crippen molar-refractivity contribution in [2.24, 2.45) is 0 Å². The number of urea groups is 1.